The maximum absolute atomic E-state index is 6.01. The highest BCUT2D eigenvalue weighted by Gasteiger charge is 2.19. The molecule has 0 spiro atoms. The Bertz CT molecular complexity index is 574. The highest BCUT2D eigenvalue weighted by atomic mass is 16.5. The van der Waals surface area contributed by atoms with Crippen molar-refractivity contribution in [3.8, 4) is 0 Å². The second-order valence-electron chi connectivity index (χ2n) is 6.58. The monoisotopic (exact) mass is 315 g/mol. The largest absolute Gasteiger partial charge is 0.338 e. The van der Waals surface area contributed by atoms with Crippen molar-refractivity contribution >= 4 is 0 Å². The van der Waals surface area contributed by atoms with Gasteiger partial charge < -0.3 is 9.47 Å². The van der Waals surface area contributed by atoms with E-state index in [0.29, 0.717) is 26.2 Å². The van der Waals surface area contributed by atoms with Crippen LogP contribution in [0.4, 0.5) is 0 Å². The Morgan fingerprint density at radius 3 is 2.70 bits per heavy atom. The highest BCUT2D eigenvalue weighted by molar-refractivity contribution is 5.13. The van der Waals surface area contributed by atoms with Gasteiger partial charge in [0, 0.05) is 0 Å². The van der Waals surface area contributed by atoms with Crippen molar-refractivity contribution < 1.29 is 14.0 Å². The summed E-state index contributed by atoms with van der Waals surface area (Å²) in [5.74, 6) is 0.866. The number of hydrogen-bond donors (Lipinski definition) is 0. The number of nitrogens with zero attached hydrogens (tertiary/aromatic N) is 2. The van der Waals surface area contributed by atoms with Gasteiger partial charge in [-0.2, -0.15) is 0 Å². The van der Waals surface area contributed by atoms with Crippen molar-refractivity contribution in [2.45, 2.75) is 58.8 Å². The smallest absolute Gasteiger partial charge is 0.247 e. The van der Waals surface area contributed by atoms with Gasteiger partial charge in [0.25, 0.3) is 0 Å². The van der Waals surface area contributed by atoms with Crippen LogP contribution in [0.5, 0.6) is 0 Å². The van der Waals surface area contributed by atoms with Crippen LogP contribution in [0, 0.1) is 5.92 Å². The van der Waals surface area contributed by atoms with E-state index in [1.54, 1.807) is 0 Å². The van der Waals surface area contributed by atoms with Gasteiger partial charge in [-0.1, -0.05) is 37.3 Å². The van der Waals surface area contributed by atoms with E-state index in [1.165, 1.54) is 31.2 Å². The SMILES string of the molecule is CC1CCC(OCn2cc[n+](COCc3ccccc3)c2)CC1. The minimum atomic E-state index is 0.427. The first-order valence-electron chi connectivity index (χ1n) is 8.57. The van der Waals surface area contributed by atoms with Crippen LogP contribution in [0.15, 0.2) is 49.1 Å². The molecule has 0 unspecified atom stereocenters. The summed E-state index contributed by atoms with van der Waals surface area (Å²) < 4.78 is 15.9. The second kappa shape index (κ2) is 8.27. The summed E-state index contributed by atoms with van der Waals surface area (Å²) in [6.45, 7) is 4.16. The van der Waals surface area contributed by atoms with E-state index in [1.807, 2.05) is 41.5 Å². The summed E-state index contributed by atoms with van der Waals surface area (Å²) in [5.41, 5.74) is 1.20. The fraction of sp³-hybridized carbons (Fsp3) is 0.526. The average molecular weight is 315 g/mol. The molecule has 0 aliphatic heterocycles. The van der Waals surface area contributed by atoms with Crippen LogP contribution in [0.25, 0.3) is 0 Å². The molecular weight excluding hydrogens is 288 g/mol. The number of ether oxygens (including phenoxy) is 2. The third-order valence-electron chi connectivity index (χ3n) is 4.52. The van der Waals surface area contributed by atoms with Crippen molar-refractivity contribution in [2.75, 3.05) is 0 Å². The summed E-state index contributed by atoms with van der Waals surface area (Å²) in [5, 5.41) is 0. The van der Waals surface area contributed by atoms with Crippen LogP contribution >= 0.6 is 0 Å². The van der Waals surface area contributed by atoms with Gasteiger partial charge in [0.15, 0.2) is 13.5 Å². The molecule has 3 rings (SSSR count). The Morgan fingerprint density at radius 1 is 1.13 bits per heavy atom. The minimum Gasteiger partial charge on any atom is -0.338 e. The van der Waals surface area contributed by atoms with Gasteiger partial charge in [-0.3, -0.25) is 0 Å². The van der Waals surface area contributed by atoms with Gasteiger partial charge in [0.2, 0.25) is 6.33 Å². The predicted molar refractivity (Wildman–Crippen MR) is 88.4 cm³/mol. The lowest BCUT2D eigenvalue weighted by atomic mass is 9.89. The van der Waals surface area contributed by atoms with Crippen LogP contribution in [0.2, 0.25) is 0 Å². The van der Waals surface area contributed by atoms with Crippen LogP contribution in [-0.2, 0) is 29.5 Å². The first-order chi connectivity index (χ1) is 11.3. The lowest BCUT2D eigenvalue weighted by molar-refractivity contribution is -0.733. The Labute approximate surface area is 138 Å². The first kappa shape index (κ1) is 16.2. The molecular formula is C19H27N2O2+. The molecule has 0 N–H and O–H groups in total. The number of rotatable bonds is 7. The zero-order valence-corrected chi connectivity index (χ0v) is 13.9. The van der Waals surface area contributed by atoms with Gasteiger partial charge in [-0.15, -0.1) is 0 Å². The highest BCUT2D eigenvalue weighted by Crippen LogP contribution is 2.25. The molecule has 0 saturated heterocycles. The van der Waals surface area contributed by atoms with E-state index in [9.17, 15) is 0 Å². The maximum atomic E-state index is 6.01. The van der Waals surface area contributed by atoms with Gasteiger partial charge in [-0.25, -0.2) is 9.13 Å². The van der Waals surface area contributed by atoms with Crippen molar-refractivity contribution in [2.24, 2.45) is 5.92 Å². The standard InChI is InChI=1S/C19H27N2O2/c1-17-7-9-19(10-8-17)23-16-21-12-11-20(14-21)15-22-13-18-5-3-2-4-6-18/h2-6,11-12,14,17,19H,7-10,13,15-16H2,1H3/q+1. The maximum Gasteiger partial charge on any atom is 0.247 e. The third kappa shape index (κ3) is 5.19. The number of hydrogen-bond acceptors (Lipinski definition) is 2. The third-order valence-corrected chi connectivity index (χ3v) is 4.52. The van der Waals surface area contributed by atoms with Gasteiger partial charge in [-0.05, 0) is 37.2 Å². The zero-order chi connectivity index (χ0) is 15.9. The summed E-state index contributed by atoms with van der Waals surface area (Å²) in [6.07, 6.45) is 11.5. The van der Waals surface area contributed by atoms with Crippen molar-refractivity contribution in [1.29, 1.82) is 0 Å². The normalized spacial score (nSPS) is 21.4. The molecule has 0 amide bonds. The van der Waals surface area contributed by atoms with Crippen LogP contribution < -0.4 is 4.57 Å². The Kier molecular flexibility index (Phi) is 5.83. The summed E-state index contributed by atoms with van der Waals surface area (Å²) in [4.78, 5) is 0. The molecule has 4 heteroatoms. The first-order valence-corrected chi connectivity index (χ1v) is 8.57. The number of benzene rings is 1. The van der Waals surface area contributed by atoms with E-state index < -0.39 is 0 Å². The number of imidazole rings is 1. The molecule has 2 aromatic rings. The van der Waals surface area contributed by atoms with E-state index in [4.69, 9.17) is 9.47 Å². The second-order valence-corrected chi connectivity index (χ2v) is 6.58. The van der Waals surface area contributed by atoms with Crippen LogP contribution in [0.3, 0.4) is 0 Å². The Balaban J connectivity index is 1.38. The van der Waals surface area contributed by atoms with Crippen LogP contribution in [0.1, 0.15) is 38.2 Å². The zero-order valence-electron chi connectivity index (χ0n) is 13.9. The molecule has 4 nitrogen and oxygen atoms in total. The summed E-state index contributed by atoms with van der Waals surface area (Å²) >= 11 is 0. The lowest BCUT2D eigenvalue weighted by Crippen LogP contribution is -2.32. The van der Waals surface area contributed by atoms with Gasteiger partial charge >= 0.3 is 0 Å². The predicted octanol–water partition coefficient (Wildman–Crippen LogP) is 3.50. The molecule has 0 radical (unpaired) electrons. The van der Waals surface area contributed by atoms with E-state index in [2.05, 4.69) is 23.6 Å². The molecule has 0 bridgehead atoms. The Morgan fingerprint density at radius 2 is 1.91 bits per heavy atom. The summed E-state index contributed by atoms with van der Waals surface area (Å²) in [6, 6.07) is 10.2. The minimum absolute atomic E-state index is 0.427. The molecule has 1 aliphatic rings. The lowest BCUT2D eigenvalue weighted by Gasteiger charge is -2.25. The van der Waals surface area contributed by atoms with E-state index in [-0.39, 0.29) is 0 Å². The fourth-order valence-corrected chi connectivity index (χ4v) is 3.02. The molecule has 1 heterocycles. The molecule has 1 aromatic heterocycles. The fourth-order valence-electron chi connectivity index (χ4n) is 3.02. The number of aromatic nitrogens is 2. The van der Waals surface area contributed by atoms with Crippen molar-refractivity contribution in [3.05, 3.63) is 54.6 Å². The van der Waals surface area contributed by atoms with E-state index >= 15 is 0 Å². The molecule has 0 atom stereocenters. The molecule has 1 saturated carbocycles. The van der Waals surface area contributed by atoms with Crippen molar-refractivity contribution in [1.82, 2.24) is 4.57 Å². The molecule has 124 valence electrons. The van der Waals surface area contributed by atoms with E-state index in [0.717, 1.165) is 5.92 Å². The summed E-state index contributed by atoms with van der Waals surface area (Å²) in [7, 11) is 0. The van der Waals surface area contributed by atoms with Crippen molar-refractivity contribution in [3.63, 3.8) is 0 Å². The molecule has 1 aliphatic carbocycles. The quantitative estimate of drug-likeness (QED) is 0.731. The molecule has 1 aromatic carbocycles. The van der Waals surface area contributed by atoms with Gasteiger partial charge in [0.05, 0.1) is 12.7 Å². The molecule has 23 heavy (non-hydrogen) atoms. The van der Waals surface area contributed by atoms with Gasteiger partial charge in [0.1, 0.15) is 12.4 Å². The molecule has 1 fully saturated rings. The average Bonchev–Trinajstić information content (AvgIpc) is 3.03. The Hall–Kier alpha value is -1.65. The van der Waals surface area contributed by atoms with Crippen LogP contribution in [-0.4, -0.2) is 10.7 Å². The topological polar surface area (TPSA) is 27.3 Å².